The summed E-state index contributed by atoms with van der Waals surface area (Å²) < 4.78 is 0. The zero-order valence-electron chi connectivity index (χ0n) is 5.50. The molecule has 0 saturated carbocycles. The fourth-order valence-electron chi connectivity index (χ4n) is 1.15. The van der Waals surface area contributed by atoms with Crippen molar-refractivity contribution in [1.82, 2.24) is 5.06 Å². The van der Waals surface area contributed by atoms with Gasteiger partial charge in [0.2, 0.25) is 0 Å². The van der Waals surface area contributed by atoms with Gasteiger partial charge in [-0.15, -0.1) is 0 Å². The quantitative estimate of drug-likeness (QED) is 0.558. The summed E-state index contributed by atoms with van der Waals surface area (Å²) in [6.45, 7) is 2.41. The normalized spacial score (nSPS) is 29.6. The third-order valence-electron chi connectivity index (χ3n) is 1.71. The van der Waals surface area contributed by atoms with Crippen LogP contribution in [0.2, 0.25) is 0 Å². The van der Waals surface area contributed by atoms with Gasteiger partial charge in [0.05, 0.1) is 6.04 Å². The number of ketones is 1. The summed E-state index contributed by atoms with van der Waals surface area (Å²) in [5.41, 5.74) is 0. The minimum atomic E-state index is -0.218. The van der Waals surface area contributed by atoms with E-state index in [1.807, 2.05) is 6.92 Å². The maximum atomic E-state index is 10.8. The fourth-order valence-corrected chi connectivity index (χ4v) is 1.15. The van der Waals surface area contributed by atoms with Gasteiger partial charge < -0.3 is 5.21 Å². The number of hydrogen-bond donors (Lipinski definition) is 1. The molecule has 9 heavy (non-hydrogen) atoms. The van der Waals surface area contributed by atoms with Crippen LogP contribution < -0.4 is 0 Å². The predicted octanol–water partition coefficient (Wildman–Crippen LogP) is 0.429. The maximum absolute atomic E-state index is 10.8. The molecule has 0 radical (unpaired) electrons. The SMILES string of the molecule is CCC1C(=O)CCN1O. The van der Waals surface area contributed by atoms with Crippen molar-refractivity contribution in [3.05, 3.63) is 0 Å². The van der Waals surface area contributed by atoms with Gasteiger partial charge in [-0.2, -0.15) is 5.06 Å². The molecule has 1 aliphatic heterocycles. The second kappa shape index (κ2) is 2.45. The highest BCUT2D eigenvalue weighted by Crippen LogP contribution is 2.12. The van der Waals surface area contributed by atoms with E-state index in [1.54, 1.807) is 0 Å². The zero-order chi connectivity index (χ0) is 6.85. The van der Waals surface area contributed by atoms with Crippen LogP contribution in [0, 0.1) is 0 Å². The van der Waals surface area contributed by atoms with Crippen molar-refractivity contribution < 1.29 is 10.0 Å². The van der Waals surface area contributed by atoms with Crippen LogP contribution in [0.4, 0.5) is 0 Å². The summed E-state index contributed by atoms with van der Waals surface area (Å²) >= 11 is 0. The molecule has 1 unspecified atom stereocenters. The number of carbonyl (C=O) groups is 1. The van der Waals surface area contributed by atoms with E-state index in [9.17, 15) is 4.79 Å². The molecule has 1 N–H and O–H groups in total. The Hall–Kier alpha value is -0.410. The number of carbonyl (C=O) groups excluding carboxylic acids is 1. The molecule has 1 heterocycles. The van der Waals surface area contributed by atoms with Gasteiger partial charge in [0.15, 0.2) is 5.78 Å². The van der Waals surface area contributed by atoms with E-state index in [1.165, 1.54) is 0 Å². The van der Waals surface area contributed by atoms with E-state index in [0.717, 1.165) is 11.5 Å². The number of nitrogens with zero attached hydrogens (tertiary/aromatic N) is 1. The molecule has 0 aromatic heterocycles. The van der Waals surface area contributed by atoms with Crippen molar-refractivity contribution in [1.29, 1.82) is 0 Å². The van der Waals surface area contributed by atoms with Crippen LogP contribution in [0.5, 0.6) is 0 Å². The lowest BCUT2D eigenvalue weighted by molar-refractivity contribution is -0.134. The van der Waals surface area contributed by atoms with Gasteiger partial charge in [-0.25, -0.2) is 0 Å². The van der Waals surface area contributed by atoms with Gasteiger partial charge in [0.25, 0.3) is 0 Å². The number of hydroxylamine groups is 2. The van der Waals surface area contributed by atoms with Gasteiger partial charge in [0.1, 0.15) is 0 Å². The molecule has 1 fully saturated rings. The van der Waals surface area contributed by atoms with Crippen LogP contribution >= 0.6 is 0 Å². The van der Waals surface area contributed by atoms with Crippen LogP contribution in [0.25, 0.3) is 0 Å². The minimum Gasteiger partial charge on any atom is -0.313 e. The summed E-state index contributed by atoms with van der Waals surface area (Å²) in [5, 5.41) is 10.1. The smallest absolute Gasteiger partial charge is 0.153 e. The van der Waals surface area contributed by atoms with Crippen LogP contribution in [0.3, 0.4) is 0 Å². The van der Waals surface area contributed by atoms with E-state index in [-0.39, 0.29) is 11.8 Å². The van der Waals surface area contributed by atoms with Gasteiger partial charge in [-0.05, 0) is 6.42 Å². The minimum absolute atomic E-state index is 0.167. The summed E-state index contributed by atoms with van der Waals surface area (Å²) in [7, 11) is 0. The lowest BCUT2D eigenvalue weighted by Gasteiger charge is -2.12. The third kappa shape index (κ3) is 1.11. The topological polar surface area (TPSA) is 40.5 Å². The van der Waals surface area contributed by atoms with Crippen molar-refractivity contribution in [3.63, 3.8) is 0 Å². The molecule has 1 saturated heterocycles. The van der Waals surface area contributed by atoms with Crippen molar-refractivity contribution in [3.8, 4) is 0 Å². The largest absolute Gasteiger partial charge is 0.313 e. The molecule has 0 aromatic rings. The van der Waals surface area contributed by atoms with Crippen molar-refractivity contribution in [2.24, 2.45) is 0 Å². The van der Waals surface area contributed by atoms with Gasteiger partial charge in [0, 0.05) is 13.0 Å². The molecule has 3 nitrogen and oxygen atoms in total. The first-order valence-electron chi connectivity index (χ1n) is 3.24. The Labute approximate surface area is 54.2 Å². The predicted molar refractivity (Wildman–Crippen MR) is 32.2 cm³/mol. The second-order valence-corrected chi connectivity index (χ2v) is 2.30. The maximum Gasteiger partial charge on any atom is 0.153 e. The van der Waals surface area contributed by atoms with Gasteiger partial charge in [-0.3, -0.25) is 4.79 Å². The van der Waals surface area contributed by atoms with Gasteiger partial charge in [-0.1, -0.05) is 6.92 Å². The van der Waals surface area contributed by atoms with Crippen LogP contribution in [0.1, 0.15) is 19.8 Å². The zero-order valence-corrected chi connectivity index (χ0v) is 5.50. The third-order valence-corrected chi connectivity index (χ3v) is 1.71. The molecule has 0 aromatic carbocycles. The van der Waals surface area contributed by atoms with E-state index in [2.05, 4.69) is 0 Å². The Morgan fingerprint density at radius 2 is 2.56 bits per heavy atom. The molecule has 3 heteroatoms. The summed E-state index contributed by atoms with van der Waals surface area (Å²) in [6, 6.07) is -0.218. The Kier molecular flexibility index (Phi) is 1.83. The first-order valence-corrected chi connectivity index (χ1v) is 3.24. The highest BCUT2D eigenvalue weighted by atomic mass is 16.5. The lowest BCUT2D eigenvalue weighted by Crippen LogP contribution is -2.28. The molecule has 0 amide bonds. The Morgan fingerprint density at radius 1 is 1.89 bits per heavy atom. The number of hydrogen-bond acceptors (Lipinski definition) is 3. The molecule has 0 bridgehead atoms. The van der Waals surface area contributed by atoms with Crippen LogP contribution in [-0.4, -0.2) is 28.6 Å². The van der Waals surface area contributed by atoms with Gasteiger partial charge >= 0.3 is 0 Å². The molecule has 52 valence electrons. The molecular weight excluding hydrogens is 118 g/mol. The Morgan fingerprint density at radius 3 is 2.78 bits per heavy atom. The van der Waals surface area contributed by atoms with Crippen LogP contribution in [-0.2, 0) is 4.79 Å². The first-order chi connectivity index (χ1) is 4.25. The van der Waals surface area contributed by atoms with E-state index >= 15 is 0 Å². The molecule has 1 atom stereocenters. The average molecular weight is 129 g/mol. The van der Waals surface area contributed by atoms with E-state index in [4.69, 9.17) is 5.21 Å². The molecule has 0 aliphatic carbocycles. The molecule has 1 aliphatic rings. The number of rotatable bonds is 1. The number of Topliss-reactive ketones (excluding diaryl/α,β-unsaturated/α-hetero) is 1. The fraction of sp³-hybridized carbons (Fsp3) is 0.833. The monoisotopic (exact) mass is 129 g/mol. The van der Waals surface area contributed by atoms with Crippen molar-refractivity contribution >= 4 is 5.78 Å². The molecular formula is C6H11NO2. The molecule has 1 rings (SSSR count). The van der Waals surface area contributed by atoms with E-state index < -0.39 is 0 Å². The molecule has 0 spiro atoms. The van der Waals surface area contributed by atoms with Crippen LogP contribution in [0.15, 0.2) is 0 Å². The highest BCUT2D eigenvalue weighted by Gasteiger charge is 2.29. The summed E-state index contributed by atoms with van der Waals surface area (Å²) in [6.07, 6.45) is 1.23. The standard InChI is InChI=1S/C6H11NO2/c1-2-5-6(8)3-4-7(5)9/h5,9H,2-4H2,1H3. The first kappa shape index (κ1) is 6.71. The average Bonchev–Trinajstić information content (AvgIpc) is 2.12. The second-order valence-electron chi connectivity index (χ2n) is 2.30. The van der Waals surface area contributed by atoms with Crippen molar-refractivity contribution in [2.75, 3.05) is 6.54 Å². The Balaban J connectivity index is 2.55. The van der Waals surface area contributed by atoms with Crippen molar-refractivity contribution in [2.45, 2.75) is 25.8 Å². The highest BCUT2D eigenvalue weighted by molar-refractivity contribution is 5.85. The summed E-state index contributed by atoms with van der Waals surface area (Å²) in [4.78, 5) is 10.8. The Bertz CT molecular complexity index is 124. The van der Waals surface area contributed by atoms with E-state index in [0.29, 0.717) is 13.0 Å². The lowest BCUT2D eigenvalue weighted by atomic mass is 10.1. The summed E-state index contributed by atoms with van der Waals surface area (Å²) in [5.74, 6) is 0.167.